The standard InChI is InChI=1S/C9H19NO4S3/c1-16(11,12)7-5-15-4-3-10-9-2-6-17(13,14)8-9/h9-10H,2-8H2,1H3. The highest BCUT2D eigenvalue weighted by molar-refractivity contribution is 8.00. The number of hydrogen-bond acceptors (Lipinski definition) is 6. The Kier molecular flexibility index (Phi) is 5.75. The van der Waals surface area contributed by atoms with Gasteiger partial charge in [-0.25, -0.2) is 16.8 Å². The molecule has 1 heterocycles. The Bertz CT molecular complexity index is 429. The van der Waals surface area contributed by atoms with E-state index in [1.807, 2.05) is 0 Å². The van der Waals surface area contributed by atoms with E-state index in [4.69, 9.17) is 0 Å². The summed E-state index contributed by atoms with van der Waals surface area (Å²) in [5.41, 5.74) is 0. The predicted molar refractivity (Wildman–Crippen MR) is 72.1 cm³/mol. The molecule has 1 unspecified atom stereocenters. The van der Waals surface area contributed by atoms with Crippen LogP contribution in [0.3, 0.4) is 0 Å². The van der Waals surface area contributed by atoms with Gasteiger partial charge in [0.05, 0.1) is 17.3 Å². The van der Waals surface area contributed by atoms with Crippen molar-refractivity contribution in [2.45, 2.75) is 12.5 Å². The van der Waals surface area contributed by atoms with Crippen molar-refractivity contribution in [3.8, 4) is 0 Å². The molecule has 0 bridgehead atoms. The fourth-order valence-corrected chi connectivity index (χ4v) is 5.46. The van der Waals surface area contributed by atoms with Gasteiger partial charge in [0.25, 0.3) is 0 Å². The van der Waals surface area contributed by atoms with Crippen molar-refractivity contribution in [2.75, 3.05) is 41.6 Å². The predicted octanol–water partition coefficient (Wildman–Crippen LogP) is -0.459. The average molecular weight is 301 g/mol. The molecular formula is C9H19NO4S3. The molecule has 1 atom stereocenters. The van der Waals surface area contributed by atoms with Crippen LogP contribution in [0.25, 0.3) is 0 Å². The Morgan fingerprint density at radius 1 is 1.35 bits per heavy atom. The molecule has 0 saturated carbocycles. The Balaban J connectivity index is 2.02. The smallest absolute Gasteiger partial charge is 0.151 e. The normalized spacial score (nSPS) is 23.9. The first-order chi connectivity index (χ1) is 7.79. The molecule has 1 N–H and O–H groups in total. The third-order valence-corrected chi connectivity index (χ3v) is 6.47. The van der Waals surface area contributed by atoms with Crippen LogP contribution >= 0.6 is 11.8 Å². The quantitative estimate of drug-likeness (QED) is 0.641. The Morgan fingerprint density at radius 2 is 2.06 bits per heavy atom. The monoisotopic (exact) mass is 301 g/mol. The minimum atomic E-state index is -2.86. The molecule has 1 fully saturated rings. The van der Waals surface area contributed by atoms with E-state index in [0.29, 0.717) is 12.2 Å². The van der Waals surface area contributed by atoms with Crippen molar-refractivity contribution in [2.24, 2.45) is 0 Å². The molecule has 0 aromatic rings. The topological polar surface area (TPSA) is 80.3 Å². The number of thioether (sulfide) groups is 1. The van der Waals surface area contributed by atoms with Gasteiger partial charge in [0.1, 0.15) is 9.84 Å². The zero-order valence-corrected chi connectivity index (χ0v) is 12.3. The average Bonchev–Trinajstić information content (AvgIpc) is 2.50. The number of hydrogen-bond donors (Lipinski definition) is 1. The Hall–Kier alpha value is 0.210. The van der Waals surface area contributed by atoms with Gasteiger partial charge in [0.15, 0.2) is 9.84 Å². The van der Waals surface area contributed by atoms with Crippen molar-refractivity contribution in [1.29, 1.82) is 0 Å². The van der Waals surface area contributed by atoms with E-state index >= 15 is 0 Å². The summed E-state index contributed by atoms with van der Waals surface area (Å²) in [4.78, 5) is 0. The summed E-state index contributed by atoms with van der Waals surface area (Å²) in [6, 6.07) is 0.0792. The summed E-state index contributed by atoms with van der Waals surface area (Å²) < 4.78 is 44.0. The zero-order chi connectivity index (χ0) is 12.9. The third-order valence-electron chi connectivity index (χ3n) is 2.51. The lowest BCUT2D eigenvalue weighted by Crippen LogP contribution is -2.31. The molecule has 102 valence electrons. The van der Waals surface area contributed by atoms with Crippen LogP contribution in [-0.4, -0.2) is 64.4 Å². The van der Waals surface area contributed by atoms with Crippen molar-refractivity contribution >= 4 is 31.4 Å². The van der Waals surface area contributed by atoms with E-state index in [-0.39, 0.29) is 23.3 Å². The van der Waals surface area contributed by atoms with Crippen LogP contribution in [0.2, 0.25) is 0 Å². The van der Waals surface area contributed by atoms with Gasteiger partial charge in [-0.2, -0.15) is 11.8 Å². The lowest BCUT2D eigenvalue weighted by Gasteiger charge is -2.09. The lowest BCUT2D eigenvalue weighted by atomic mass is 10.3. The Labute approximate surface area is 108 Å². The number of sulfone groups is 2. The zero-order valence-electron chi connectivity index (χ0n) is 9.88. The van der Waals surface area contributed by atoms with Crippen molar-refractivity contribution in [3.63, 3.8) is 0 Å². The first-order valence-corrected chi connectivity index (χ1v) is 10.5. The van der Waals surface area contributed by atoms with Gasteiger partial charge in [0, 0.05) is 30.3 Å². The summed E-state index contributed by atoms with van der Waals surface area (Å²) >= 11 is 1.57. The second kappa shape index (κ2) is 6.40. The fraction of sp³-hybridized carbons (Fsp3) is 1.00. The van der Waals surface area contributed by atoms with Crippen LogP contribution in [-0.2, 0) is 19.7 Å². The van der Waals surface area contributed by atoms with Crippen LogP contribution in [0.15, 0.2) is 0 Å². The van der Waals surface area contributed by atoms with Crippen LogP contribution in [0.5, 0.6) is 0 Å². The van der Waals surface area contributed by atoms with Crippen LogP contribution in [0.4, 0.5) is 0 Å². The first kappa shape index (κ1) is 15.3. The van der Waals surface area contributed by atoms with E-state index in [1.54, 1.807) is 11.8 Å². The minimum absolute atomic E-state index is 0.0792. The highest BCUT2D eigenvalue weighted by atomic mass is 32.2. The first-order valence-electron chi connectivity index (χ1n) is 5.48. The summed E-state index contributed by atoms with van der Waals surface area (Å²) in [6.45, 7) is 0.731. The number of nitrogens with one attached hydrogen (secondary N) is 1. The minimum Gasteiger partial charge on any atom is -0.312 e. The van der Waals surface area contributed by atoms with Gasteiger partial charge in [-0.05, 0) is 6.42 Å². The van der Waals surface area contributed by atoms with Crippen molar-refractivity contribution < 1.29 is 16.8 Å². The van der Waals surface area contributed by atoms with E-state index in [2.05, 4.69) is 5.32 Å². The van der Waals surface area contributed by atoms with Gasteiger partial charge < -0.3 is 5.32 Å². The molecule has 0 spiro atoms. The van der Waals surface area contributed by atoms with Crippen LogP contribution < -0.4 is 5.32 Å². The molecule has 0 aromatic heterocycles. The van der Waals surface area contributed by atoms with Gasteiger partial charge in [0.2, 0.25) is 0 Å². The molecule has 1 rings (SSSR count). The largest absolute Gasteiger partial charge is 0.312 e. The molecule has 0 aromatic carbocycles. The molecule has 0 amide bonds. The molecule has 0 radical (unpaired) electrons. The highest BCUT2D eigenvalue weighted by Crippen LogP contribution is 2.11. The molecule has 1 saturated heterocycles. The van der Waals surface area contributed by atoms with E-state index in [1.165, 1.54) is 6.26 Å². The SMILES string of the molecule is CS(=O)(=O)CCSCCNC1CCS(=O)(=O)C1. The maximum Gasteiger partial charge on any atom is 0.151 e. The van der Waals surface area contributed by atoms with Crippen LogP contribution in [0, 0.1) is 0 Å². The molecule has 1 aliphatic rings. The second-order valence-electron chi connectivity index (χ2n) is 4.30. The molecule has 0 aliphatic carbocycles. The summed E-state index contributed by atoms with van der Waals surface area (Å²) in [7, 11) is -5.67. The fourth-order valence-electron chi connectivity index (χ4n) is 1.60. The maximum absolute atomic E-state index is 11.2. The highest BCUT2D eigenvalue weighted by Gasteiger charge is 2.26. The van der Waals surface area contributed by atoms with E-state index in [0.717, 1.165) is 12.3 Å². The van der Waals surface area contributed by atoms with Gasteiger partial charge >= 0.3 is 0 Å². The molecule has 8 heteroatoms. The maximum atomic E-state index is 11.2. The van der Waals surface area contributed by atoms with E-state index in [9.17, 15) is 16.8 Å². The summed E-state index contributed by atoms with van der Waals surface area (Å²) in [6.07, 6.45) is 1.92. The van der Waals surface area contributed by atoms with Crippen molar-refractivity contribution in [1.82, 2.24) is 5.32 Å². The van der Waals surface area contributed by atoms with Crippen LogP contribution in [0.1, 0.15) is 6.42 Å². The van der Waals surface area contributed by atoms with Crippen molar-refractivity contribution in [3.05, 3.63) is 0 Å². The third kappa shape index (κ3) is 7.28. The molecule has 1 aliphatic heterocycles. The molecular weight excluding hydrogens is 282 g/mol. The second-order valence-corrected chi connectivity index (χ2v) is 10.0. The summed E-state index contributed by atoms with van der Waals surface area (Å²) in [5, 5.41) is 3.19. The van der Waals surface area contributed by atoms with Gasteiger partial charge in [-0.1, -0.05) is 0 Å². The van der Waals surface area contributed by atoms with Gasteiger partial charge in [-0.3, -0.25) is 0 Å². The summed E-state index contributed by atoms with van der Waals surface area (Å²) in [5.74, 6) is 2.14. The van der Waals surface area contributed by atoms with Gasteiger partial charge in [-0.15, -0.1) is 0 Å². The molecule has 5 nitrogen and oxygen atoms in total. The molecule has 17 heavy (non-hydrogen) atoms. The Morgan fingerprint density at radius 3 is 2.59 bits per heavy atom. The van der Waals surface area contributed by atoms with E-state index < -0.39 is 19.7 Å². The number of rotatable bonds is 7. The lowest BCUT2D eigenvalue weighted by molar-refractivity contribution is 0.574.